The molecule has 2 aromatic rings. The molecule has 4 nitrogen and oxygen atoms in total. The van der Waals surface area contributed by atoms with Crippen LogP contribution in [0.2, 0.25) is 0 Å². The van der Waals surface area contributed by atoms with Crippen LogP contribution in [-0.4, -0.2) is 24.7 Å². The van der Waals surface area contributed by atoms with Crippen LogP contribution in [0.5, 0.6) is 5.75 Å². The standard InChI is InChI=1S/C15H17NO3/c1-9-14(15(17)18-2)12-6-5-11(7-13(12)16-9)19-8-10-3-4-10/h5-7,10,16H,3-4,8H2,1-2H3. The van der Waals surface area contributed by atoms with Gasteiger partial charge in [-0.15, -0.1) is 0 Å². The number of benzene rings is 1. The zero-order valence-electron chi connectivity index (χ0n) is 11.2. The predicted molar refractivity (Wildman–Crippen MR) is 72.6 cm³/mol. The zero-order chi connectivity index (χ0) is 13.4. The Morgan fingerprint density at radius 2 is 2.21 bits per heavy atom. The van der Waals surface area contributed by atoms with Crippen LogP contribution >= 0.6 is 0 Å². The van der Waals surface area contributed by atoms with E-state index in [9.17, 15) is 4.79 Å². The van der Waals surface area contributed by atoms with Gasteiger partial charge < -0.3 is 14.5 Å². The van der Waals surface area contributed by atoms with Gasteiger partial charge in [0.1, 0.15) is 5.75 Å². The van der Waals surface area contributed by atoms with E-state index >= 15 is 0 Å². The van der Waals surface area contributed by atoms with Gasteiger partial charge in [-0.1, -0.05) is 0 Å². The van der Waals surface area contributed by atoms with Crippen LogP contribution in [0, 0.1) is 12.8 Å². The average molecular weight is 259 g/mol. The van der Waals surface area contributed by atoms with Gasteiger partial charge in [-0.3, -0.25) is 0 Å². The van der Waals surface area contributed by atoms with Crippen LogP contribution in [0.1, 0.15) is 28.9 Å². The minimum atomic E-state index is -0.310. The first kappa shape index (κ1) is 12.1. The molecule has 1 saturated carbocycles. The summed E-state index contributed by atoms with van der Waals surface area (Å²) in [6, 6.07) is 5.76. The van der Waals surface area contributed by atoms with Crippen molar-refractivity contribution in [2.75, 3.05) is 13.7 Å². The van der Waals surface area contributed by atoms with Crippen LogP contribution in [0.15, 0.2) is 18.2 Å². The van der Waals surface area contributed by atoms with Gasteiger partial charge in [0.05, 0.1) is 24.8 Å². The fourth-order valence-electron chi connectivity index (χ4n) is 2.26. The van der Waals surface area contributed by atoms with Gasteiger partial charge in [0.15, 0.2) is 0 Å². The summed E-state index contributed by atoms with van der Waals surface area (Å²) in [6.07, 6.45) is 2.55. The predicted octanol–water partition coefficient (Wildman–Crippen LogP) is 3.05. The highest BCUT2D eigenvalue weighted by Crippen LogP contribution is 2.31. The Bertz CT molecular complexity index is 626. The van der Waals surface area contributed by atoms with Gasteiger partial charge in [0, 0.05) is 17.1 Å². The van der Waals surface area contributed by atoms with E-state index in [1.54, 1.807) is 0 Å². The van der Waals surface area contributed by atoms with E-state index in [-0.39, 0.29) is 5.97 Å². The monoisotopic (exact) mass is 259 g/mol. The lowest BCUT2D eigenvalue weighted by Gasteiger charge is -2.05. The number of esters is 1. The molecule has 0 bridgehead atoms. The topological polar surface area (TPSA) is 51.3 Å². The number of nitrogens with one attached hydrogen (secondary N) is 1. The lowest BCUT2D eigenvalue weighted by molar-refractivity contribution is 0.0602. The molecule has 1 aliphatic rings. The normalized spacial score (nSPS) is 14.6. The number of H-pyrrole nitrogens is 1. The van der Waals surface area contributed by atoms with E-state index in [0.29, 0.717) is 5.56 Å². The number of hydrogen-bond donors (Lipinski definition) is 1. The Labute approximate surface area is 111 Å². The number of fused-ring (bicyclic) bond motifs is 1. The average Bonchev–Trinajstić information content (AvgIpc) is 3.17. The summed E-state index contributed by atoms with van der Waals surface area (Å²) < 4.78 is 10.5. The maximum Gasteiger partial charge on any atom is 0.340 e. The summed E-state index contributed by atoms with van der Waals surface area (Å²) in [7, 11) is 1.40. The van der Waals surface area contributed by atoms with Crippen LogP contribution in [0.25, 0.3) is 10.9 Å². The zero-order valence-corrected chi connectivity index (χ0v) is 11.2. The number of ether oxygens (including phenoxy) is 2. The molecule has 1 aromatic carbocycles. The highest BCUT2D eigenvalue weighted by atomic mass is 16.5. The lowest BCUT2D eigenvalue weighted by Crippen LogP contribution is -2.02. The Balaban J connectivity index is 1.92. The van der Waals surface area contributed by atoms with E-state index in [2.05, 4.69) is 4.98 Å². The maximum atomic E-state index is 11.7. The van der Waals surface area contributed by atoms with Crippen molar-refractivity contribution in [3.63, 3.8) is 0 Å². The molecule has 1 heterocycles. The third kappa shape index (κ3) is 2.30. The Kier molecular flexibility index (Phi) is 2.93. The Morgan fingerprint density at radius 3 is 2.89 bits per heavy atom. The number of aromatic amines is 1. The van der Waals surface area contributed by atoms with Gasteiger partial charge >= 0.3 is 5.97 Å². The molecule has 0 unspecified atom stereocenters. The molecule has 0 saturated heterocycles. The van der Waals surface area contributed by atoms with Crippen molar-refractivity contribution >= 4 is 16.9 Å². The molecule has 1 fully saturated rings. The largest absolute Gasteiger partial charge is 0.493 e. The number of rotatable bonds is 4. The fourth-order valence-corrected chi connectivity index (χ4v) is 2.26. The molecule has 0 radical (unpaired) electrons. The molecule has 1 aromatic heterocycles. The molecule has 0 atom stereocenters. The lowest BCUT2D eigenvalue weighted by atomic mass is 10.1. The minimum absolute atomic E-state index is 0.310. The van der Waals surface area contributed by atoms with E-state index in [0.717, 1.165) is 34.9 Å². The first-order chi connectivity index (χ1) is 9.19. The van der Waals surface area contributed by atoms with Gasteiger partial charge in [-0.05, 0) is 37.8 Å². The summed E-state index contributed by atoms with van der Waals surface area (Å²) in [5, 5.41) is 0.878. The molecular formula is C15H17NO3. The molecule has 0 amide bonds. The summed E-state index contributed by atoms with van der Waals surface area (Å²) >= 11 is 0. The summed E-state index contributed by atoms with van der Waals surface area (Å²) in [5.41, 5.74) is 2.33. The number of hydrogen-bond acceptors (Lipinski definition) is 3. The van der Waals surface area contributed by atoms with Gasteiger partial charge in [0.25, 0.3) is 0 Å². The minimum Gasteiger partial charge on any atom is -0.493 e. The van der Waals surface area contributed by atoms with Gasteiger partial charge in [-0.25, -0.2) is 4.79 Å². The molecule has 19 heavy (non-hydrogen) atoms. The first-order valence-corrected chi connectivity index (χ1v) is 6.52. The second-order valence-electron chi connectivity index (χ2n) is 5.08. The molecule has 1 aliphatic carbocycles. The number of carbonyl (C=O) groups is 1. The number of aromatic nitrogens is 1. The second-order valence-corrected chi connectivity index (χ2v) is 5.08. The first-order valence-electron chi connectivity index (χ1n) is 6.52. The molecular weight excluding hydrogens is 242 g/mol. The SMILES string of the molecule is COC(=O)c1c(C)[nH]c2cc(OCC3CC3)ccc12. The van der Waals surface area contributed by atoms with Crippen molar-refractivity contribution in [2.45, 2.75) is 19.8 Å². The summed E-state index contributed by atoms with van der Waals surface area (Å²) in [5.74, 6) is 1.26. The van der Waals surface area contributed by atoms with Crippen molar-refractivity contribution in [1.29, 1.82) is 0 Å². The molecule has 1 N–H and O–H groups in total. The second kappa shape index (κ2) is 4.61. The van der Waals surface area contributed by atoms with Crippen molar-refractivity contribution in [2.24, 2.45) is 5.92 Å². The van der Waals surface area contributed by atoms with Crippen LogP contribution in [-0.2, 0) is 4.74 Å². The Morgan fingerprint density at radius 1 is 1.42 bits per heavy atom. The van der Waals surface area contributed by atoms with Crippen molar-refractivity contribution in [3.05, 3.63) is 29.5 Å². The Hall–Kier alpha value is -1.97. The quantitative estimate of drug-likeness (QED) is 0.858. The molecule has 3 rings (SSSR count). The van der Waals surface area contributed by atoms with Crippen LogP contribution in [0.4, 0.5) is 0 Å². The van der Waals surface area contributed by atoms with Crippen molar-refractivity contribution < 1.29 is 14.3 Å². The summed E-state index contributed by atoms with van der Waals surface area (Å²) in [4.78, 5) is 14.9. The summed E-state index contributed by atoms with van der Waals surface area (Å²) in [6.45, 7) is 2.66. The van der Waals surface area contributed by atoms with E-state index in [1.807, 2.05) is 25.1 Å². The van der Waals surface area contributed by atoms with Crippen molar-refractivity contribution in [1.82, 2.24) is 4.98 Å². The van der Waals surface area contributed by atoms with Crippen molar-refractivity contribution in [3.8, 4) is 5.75 Å². The number of aryl methyl sites for hydroxylation is 1. The third-order valence-corrected chi connectivity index (χ3v) is 3.53. The number of methoxy groups -OCH3 is 1. The molecule has 100 valence electrons. The van der Waals surface area contributed by atoms with E-state index in [4.69, 9.17) is 9.47 Å². The highest BCUT2D eigenvalue weighted by molar-refractivity contribution is 6.05. The van der Waals surface area contributed by atoms with E-state index < -0.39 is 0 Å². The smallest absolute Gasteiger partial charge is 0.340 e. The highest BCUT2D eigenvalue weighted by Gasteiger charge is 2.22. The van der Waals surface area contributed by atoms with Gasteiger partial charge in [0.2, 0.25) is 0 Å². The molecule has 0 aliphatic heterocycles. The fraction of sp³-hybridized carbons (Fsp3) is 0.400. The molecule has 0 spiro atoms. The van der Waals surface area contributed by atoms with Crippen LogP contribution in [0.3, 0.4) is 0 Å². The molecule has 4 heteroatoms. The van der Waals surface area contributed by atoms with Crippen LogP contribution < -0.4 is 4.74 Å². The van der Waals surface area contributed by atoms with E-state index in [1.165, 1.54) is 20.0 Å². The third-order valence-electron chi connectivity index (χ3n) is 3.53. The number of carbonyl (C=O) groups excluding carboxylic acids is 1. The maximum absolute atomic E-state index is 11.7. The van der Waals surface area contributed by atoms with Gasteiger partial charge in [-0.2, -0.15) is 0 Å².